The molecule has 1 nitrogen and oxygen atoms in total. The maximum Gasteiger partial charge on any atom is 0.0679 e. The number of benzene rings is 1. The molecule has 0 unspecified atom stereocenters. The summed E-state index contributed by atoms with van der Waals surface area (Å²) in [5.41, 5.74) is 1.37. The molecule has 0 saturated heterocycles. The van der Waals surface area contributed by atoms with E-state index in [1.54, 1.807) is 0 Å². The summed E-state index contributed by atoms with van der Waals surface area (Å²) < 4.78 is 5.71. The number of hydrogen-bond acceptors (Lipinski definition) is 1. The molecule has 0 N–H and O–H groups in total. The first kappa shape index (κ1) is 9.47. The van der Waals surface area contributed by atoms with E-state index in [9.17, 15) is 0 Å². The largest absolute Gasteiger partial charge is 0.373 e. The van der Waals surface area contributed by atoms with Crippen molar-refractivity contribution in [2.24, 2.45) is 0 Å². The molecule has 1 aromatic rings. The molecule has 1 aliphatic rings. The second kappa shape index (κ2) is 4.43. The van der Waals surface area contributed by atoms with Crippen LogP contribution in [-0.2, 0) is 4.74 Å². The molecule has 1 aromatic carbocycles. The molecule has 74 valence electrons. The van der Waals surface area contributed by atoms with Gasteiger partial charge in [-0.1, -0.05) is 49.4 Å². The highest BCUT2D eigenvalue weighted by atomic mass is 16.5. The predicted molar refractivity (Wildman–Crippen MR) is 58.4 cm³/mol. The van der Waals surface area contributed by atoms with Crippen molar-refractivity contribution in [3.05, 3.63) is 48.0 Å². The van der Waals surface area contributed by atoms with Gasteiger partial charge in [-0.3, -0.25) is 0 Å². The maximum absolute atomic E-state index is 5.71. The maximum atomic E-state index is 5.71. The van der Waals surface area contributed by atoms with Gasteiger partial charge in [0.1, 0.15) is 0 Å². The highest BCUT2D eigenvalue weighted by molar-refractivity contribution is 5.20. The lowest BCUT2D eigenvalue weighted by molar-refractivity contribution is 0.0514. The molecule has 2 rings (SSSR count). The quantitative estimate of drug-likeness (QED) is 0.648. The second-order valence-corrected chi connectivity index (χ2v) is 3.78. The molecule has 1 heteroatoms. The van der Waals surface area contributed by atoms with Crippen molar-refractivity contribution in [1.82, 2.24) is 0 Å². The van der Waals surface area contributed by atoms with Crippen LogP contribution in [0.15, 0.2) is 42.5 Å². The van der Waals surface area contributed by atoms with E-state index in [4.69, 9.17) is 4.74 Å². The fourth-order valence-corrected chi connectivity index (χ4v) is 1.87. The molecule has 0 bridgehead atoms. The molecule has 0 amide bonds. The van der Waals surface area contributed by atoms with Gasteiger partial charge in [-0.25, -0.2) is 0 Å². The minimum atomic E-state index is 0.349. The summed E-state index contributed by atoms with van der Waals surface area (Å²) in [6.45, 7) is 3.00. The van der Waals surface area contributed by atoms with E-state index < -0.39 is 0 Å². The van der Waals surface area contributed by atoms with Crippen LogP contribution in [0.3, 0.4) is 0 Å². The van der Waals surface area contributed by atoms with Crippen molar-refractivity contribution < 1.29 is 4.74 Å². The van der Waals surface area contributed by atoms with Crippen molar-refractivity contribution in [2.75, 3.05) is 6.61 Å². The van der Waals surface area contributed by atoms with Crippen molar-refractivity contribution in [3.8, 4) is 0 Å². The van der Waals surface area contributed by atoms with Gasteiger partial charge in [0.2, 0.25) is 0 Å². The molecule has 0 aromatic heterocycles. The molecule has 1 heterocycles. The number of rotatable bonds is 2. The van der Waals surface area contributed by atoms with Crippen LogP contribution in [0.4, 0.5) is 0 Å². The minimum Gasteiger partial charge on any atom is -0.373 e. The van der Waals surface area contributed by atoms with Gasteiger partial charge in [0.15, 0.2) is 0 Å². The molecule has 14 heavy (non-hydrogen) atoms. The monoisotopic (exact) mass is 188 g/mol. The highest BCUT2D eigenvalue weighted by Gasteiger charge is 2.19. The zero-order chi connectivity index (χ0) is 9.80. The van der Waals surface area contributed by atoms with Crippen LogP contribution >= 0.6 is 0 Å². The van der Waals surface area contributed by atoms with Gasteiger partial charge in [-0.2, -0.15) is 0 Å². The molecule has 0 saturated carbocycles. The normalized spacial score (nSPS) is 23.4. The Hall–Kier alpha value is -1.08. The van der Waals surface area contributed by atoms with E-state index in [2.05, 4.69) is 49.4 Å². The first-order valence-electron chi connectivity index (χ1n) is 5.19. The van der Waals surface area contributed by atoms with E-state index in [0.29, 0.717) is 12.0 Å². The van der Waals surface area contributed by atoms with Gasteiger partial charge in [-0.15, -0.1) is 0 Å². The smallest absolute Gasteiger partial charge is 0.0679 e. The van der Waals surface area contributed by atoms with Crippen molar-refractivity contribution in [2.45, 2.75) is 25.4 Å². The summed E-state index contributed by atoms with van der Waals surface area (Å²) in [5.74, 6) is 0.487. The summed E-state index contributed by atoms with van der Waals surface area (Å²) in [7, 11) is 0. The van der Waals surface area contributed by atoms with E-state index in [1.807, 2.05) is 0 Å². The van der Waals surface area contributed by atoms with Crippen LogP contribution in [0.1, 0.15) is 24.8 Å². The molecular formula is C13H16O. The minimum absolute atomic E-state index is 0.349. The van der Waals surface area contributed by atoms with E-state index in [-0.39, 0.29) is 0 Å². The van der Waals surface area contributed by atoms with Crippen LogP contribution in [0.5, 0.6) is 0 Å². The van der Waals surface area contributed by atoms with Crippen LogP contribution in [0, 0.1) is 0 Å². The summed E-state index contributed by atoms with van der Waals surface area (Å²) in [4.78, 5) is 0. The molecule has 0 aliphatic carbocycles. The lowest BCUT2D eigenvalue weighted by Crippen LogP contribution is -2.22. The van der Waals surface area contributed by atoms with Crippen molar-refractivity contribution >= 4 is 0 Å². The van der Waals surface area contributed by atoms with Crippen LogP contribution in [0.2, 0.25) is 0 Å². The third-order valence-electron chi connectivity index (χ3n) is 2.82. The van der Waals surface area contributed by atoms with Crippen molar-refractivity contribution in [1.29, 1.82) is 0 Å². The Balaban J connectivity index is 2.08. The van der Waals surface area contributed by atoms with E-state index >= 15 is 0 Å². The van der Waals surface area contributed by atoms with Crippen LogP contribution in [0.25, 0.3) is 0 Å². The summed E-state index contributed by atoms with van der Waals surface area (Å²) in [6.07, 6.45) is 5.69. The van der Waals surface area contributed by atoms with Crippen molar-refractivity contribution in [3.63, 3.8) is 0 Å². The van der Waals surface area contributed by atoms with Gasteiger partial charge in [0, 0.05) is 5.92 Å². The highest BCUT2D eigenvalue weighted by Crippen LogP contribution is 2.25. The lowest BCUT2D eigenvalue weighted by Gasteiger charge is -2.25. The Labute approximate surface area is 85.4 Å². The zero-order valence-electron chi connectivity index (χ0n) is 8.52. The molecule has 1 aliphatic heterocycles. The van der Waals surface area contributed by atoms with Gasteiger partial charge in [0.05, 0.1) is 12.7 Å². The first-order valence-corrected chi connectivity index (χ1v) is 5.19. The Morgan fingerprint density at radius 3 is 2.64 bits per heavy atom. The topological polar surface area (TPSA) is 9.23 Å². The Kier molecular flexibility index (Phi) is 3.00. The Bertz CT molecular complexity index is 302. The molecule has 0 spiro atoms. The zero-order valence-corrected chi connectivity index (χ0v) is 8.52. The average molecular weight is 188 g/mol. The lowest BCUT2D eigenvalue weighted by atomic mass is 9.92. The predicted octanol–water partition coefficient (Wildman–Crippen LogP) is 3.14. The molecule has 0 radical (unpaired) electrons. The Morgan fingerprint density at radius 2 is 2.00 bits per heavy atom. The molecule has 0 fully saturated rings. The SMILES string of the molecule is C[C@H](c1ccccc1)[C@@H]1CC=CCO1. The van der Waals surface area contributed by atoms with Gasteiger partial charge >= 0.3 is 0 Å². The van der Waals surface area contributed by atoms with E-state index in [1.165, 1.54) is 5.56 Å². The molecular weight excluding hydrogens is 172 g/mol. The summed E-state index contributed by atoms with van der Waals surface area (Å²) in [6, 6.07) is 10.6. The third-order valence-corrected chi connectivity index (χ3v) is 2.82. The number of hydrogen-bond donors (Lipinski definition) is 0. The van der Waals surface area contributed by atoms with Gasteiger partial charge in [-0.05, 0) is 12.0 Å². The average Bonchev–Trinajstić information content (AvgIpc) is 2.30. The fourth-order valence-electron chi connectivity index (χ4n) is 1.87. The number of ether oxygens (including phenoxy) is 1. The first-order chi connectivity index (χ1) is 6.88. The molecule has 2 atom stereocenters. The summed E-state index contributed by atoms with van der Waals surface area (Å²) >= 11 is 0. The fraction of sp³-hybridized carbons (Fsp3) is 0.385. The van der Waals surface area contributed by atoms with Crippen LogP contribution < -0.4 is 0 Å². The van der Waals surface area contributed by atoms with E-state index in [0.717, 1.165) is 13.0 Å². The van der Waals surface area contributed by atoms with Gasteiger partial charge < -0.3 is 4.74 Å². The van der Waals surface area contributed by atoms with Crippen LogP contribution in [-0.4, -0.2) is 12.7 Å². The van der Waals surface area contributed by atoms with Gasteiger partial charge in [0.25, 0.3) is 0 Å². The second-order valence-electron chi connectivity index (χ2n) is 3.78. The standard InChI is InChI=1S/C13H16O/c1-11(12-7-3-2-4-8-12)13-9-5-6-10-14-13/h2-8,11,13H,9-10H2,1H3/t11-,13+/m1/s1. The third kappa shape index (κ3) is 2.05. The Morgan fingerprint density at radius 1 is 1.21 bits per heavy atom. The summed E-state index contributed by atoms with van der Waals surface area (Å²) in [5, 5.41) is 0.